The number of carbonyl (C=O) groups excluding carboxylic acids is 1. The van der Waals surface area contributed by atoms with Gasteiger partial charge >= 0.3 is 5.97 Å². The number of ether oxygens (including phenoxy) is 1. The quantitative estimate of drug-likeness (QED) is 0.730. The van der Waals surface area contributed by atoms with Crippen LogP contribution in [0.5, 0.6) is 0 Å². The SMILES string of the molecule is O=C(O)[C@@H]1CCCN1C(=O)COC1CCNCC1. The van der Waals surface area contributed by atoms with E-state index in [9.17, 15) is 9.59 Å². The minimum absolute atomic E-state index is 0.00838. The number of carboxylic acid groups (broad SMARTS) is 1. The molecule has 2 aliphatic heterocycles. The summed E-state index contributed by atoms with van der Waals surface area (Å²) in [5.41, 5.74) is 0. The van der Waals surface area contributed by atoms with Gasteiger partial charge in [-0.3, -0.25) is 4.79 Å². The van der Waals surface area contributed by atoms with Crippen LogP contribution >= 0.6 is 0 Å². The monoisotopic (exact) mass is 256 g/mol. The van der Waals surface area contributed by atoms with Crippen LogP contribution in [0, 0.1) is 0 Å². The molecular formula is C12H20N2O4. The van der Waals surface area contributed by atoms with Crippen LogP contribution in [0.3, 0.4) is 0 Å². The maximum Gasteiger partial charge on any atom is 0.326 e. The molecule has 102 valence electrons. The number of hydrogen-bond acceptors (Lipinski definition) is 4. The molecule has 1 amide bonds. The molecule has 0 aromatic rings. The second-order valence-electron chi connectivity index (χ2n) is 4.84. The summed E-state index contributed by atoms with van der Waals surface area (Å²) in [6, 6.07) is -0.658. The van der Waals surface area contributed by atoms with Gasteiger partial charge in [-0.2, -0.15) is 0 Å². The fourth-order valence-corrected chi connectivity index (χ4v) is 2.56. The Kier molecular flexibility index (Phi) is 4.54. The number of carbonyl (C=O) groups is 2. The summed E-state index contributed by atoms with van der Waals surface area (Å²) in [6.45, 7) is 2.38. The molecule has 0 spiro atoms. The maximum atomic E-state index is 11.9. The van der Waals surface area contributed by atoms with Gasteiger partial charge in [0.1, 0.15) is 12.6 Å². The van der Waals surface area contributed by atoms with E-state index in [1.54, 1.807) is 0 Å². The van der Waals surface area contributed by atoms with Crippen LogP contribution in [0.25, 0.3) is 0 Å². The van der Waals surface area contributed by atoms with Gasteiger partial charge in [0.15, 0.2) is 0 Å². The third-order valence-corrected chi connectivity index (χ3v) is 3.59. The smallest absolute Gasteiger partial charge is 0.326 e. The van der Waals surface area contributed by atoms with Crippen LogP contribution in [0.1, 0.15) is 25.7 Å². The van der Waals surface area contributed by atoms with Crippen molar-refractivity contribution in [3.05, 3.63) is 0 Å². The lowest BCUT2D eigenvalue weighted by atomic mass is 10.1. The Morgan fingerprint density at radius 2 is 2.00 bits per heavy atom. The van der Waals surface area contributed by atoms with Crippen molar-refractivity contribution in [2.75, 3.05) is 26.2 Å². The van der Waals surface area contributed by atoms with Gasteiger partial charge in [-0.05, 0) is 38.8 Å². The van der Waals surface area contributed by atoms with Gasteiger partial charge in [0, 0.05) is 6.54 Å². The normalized spacial score (nSPS) is 25.3. The summed E-state index contributed by atoms with van der Waals surface area (Å²) in [5, 5.41) is 12.2. The summed E-state index contributed by atoms with van der Waals surface area (Å²) in [5.74, 6) is -1.11. The second-order valence-corrected chi connectivity index (χ2v) is 4.84. The first-order valence-corrected chi connectivity index (χ1v) is 6.53. The molecule has 18 heavy (non-hydrogen) atoms. The zero-order valence-electron chi connectivity index (χ0n) is 10.4. The van der Waals surface area contributed by atoms with Gasteiger partial charge in [0.2, 0.25) is 5.91 Å². The van der Waals surface area contributed by atoms with Crippen molar-refractivity contribution in [2.24, 2.45) is 0 Å². The third kappa shape index (κ3) is 3.20. The van der Waals surface area contributed by atoms with Gasteiger partial charge in [0.25, 0.3) is 0 Å². The van der Waals surface area contributed by atoms with Crippen LogP contribution in [0.4, 0.5) is 0 Å². The molecule has 2 N–H and O–H groups in total. The van der Waals surface area contributed by atoms with Crippen molar-refractivity contribution in [1.29, 1.82) is 0 Å². The van der Waals surface area contributed by atoms with E-state index in [1.165, 1.54) is 4.90 Å². The van der Waals surface area contributed by atoms with Crippen molar-refractivity contribution in [1.82, 2.24) is 10.2 Å². The van der Waals surface area contributed by atoms with E-state index in [0.29, 0.717) is 13.0 Å². The van der Waals surface area contributed by atoms with Gasteiger partial charge in [-0.25, -0.2) is 4.79 Å². The number of hydrogen-bond donors (Lipinski definition) is 2. The van der Waals surface area contributed by atoms with E-state index < -0.39 is 12.0 Å². The molecule has 2 rings (SSSR count). The molecule has 0 bridgehead atoms. The molecule has 0 saturated carbocycles. The van der Waals surface area contributed by atoms with Crippen LogP contribution < -0.4 is 5.32 Å². The average Bonchev–Trinajstić information content (AvgIpc) is 2.86. The number of amides is 1. The fourth-order valence-electron chi connectivity index (χ4n) is 2.56. The van der Waals surface area contributed by atoms with Crippen molar-refractivity contribution < 1.29 is 19.4 Å². The summed E-state index contributed by atoms with van der Waals surface area (Å²) in [4.78, 5) is 24.3. The molecule has 0 aromatic carbocycles. The number of rotatable bonds is 4. The van der Waals surface area contributed by atoms with E-state index in [-0.39, 0.29) is 18.6 Å². The molecule has 2 fully saturated rings. The minimum Gasteiger partial charge on any atom is -0.480 e. The highest BCUT2D eigenvalue weighted by Gasteiger charge is 2.34. The Hall–Kier alpha value is -1.14. The zero-order chi connectivity index (χ0) is 13.0. The summed E-state index contributed by atoms with van der Waals surface area (Å²) in [6.07, 6.45) is 3.26. The minimum atomic E-state index is -0.914. The molecule has 0 radical (unpaired) electrons. The first-order valence-electron chi connectivity index (χ1n) is 6.53. The van der Waals surface area contributed by atoms with Crippen molar-refractivity contribution in [3.63, 3.8) is 0 Å². The van der Waals surface area contributed by atoms with E-state index >= 15 is 0 Å². The molecule has 2 aliphatic rings. The number of carboxylic acids is 1. The van der Waals surface area contributed by atoms with Crippen LogP contribution in [0.15, 0.2) is 0 Å². The Balaban J connectivity index is 1.78. The summed E-state index contributed by atoms with van der Waals surface area (Å²) in [7, 11) is 0. The van der Waals surface area contributed by atoms with Crippen LogP contribution in [-0.4, -0.2) is 60.3 Å². The molecule has 0 aliphatic carbocycles. The lowest BCUT2D eigenvalue weighted by Crippen LogP contribution is -2.43. The first kappa shape index (κ1) is 13.3. The standard InChI is InChI=1S/C12H20N2O4/c15-11(8-18-9-3-5-13-6-4-9)14-7-1-2-10(14)12(16)17/h9-10,13H,1-8H2,(H,16,17)/t10-/m0/s1. The average molecular weight is 256 g/mol. The van der Waals surface area contributed by atoms with Crippen molar-refractivity contribution >= 4 is 11.9 Å². The Bertz CT molecular complexity index is 315. The highest BCUT2D eigenvalue weighted by Crippen LogP contribution is 2.18. The Morgan fingerprint density at radius 1 is 1.28 bits per heavy atom. The lowest BCUT2D eigenvalue weighted by molar-refractivity contribution is -0.151. The second kappa shape index (κ2) is 6.15. The van der Waals surface area contributed by atoms with Gasteiger partial charge < -0.3 is 20.1 Å². The van der Waals surface area contributed by atoms with E-state index in [0.717, 1.165) is 32.4 Å². The zero-order valence-corrected chi connectivity index (χ0v) is 10.4. The predicted octanol–water partition coefficient (Wildman–Crippen LogP) is -0.169. The van der Waals surface area contributed by atoms with Crippen molar-refractivity contribution in [3.8, 4) is 0 Å². The van der Waals surface area contributed by atoms with E-state index in [2.05, 4.69) is 5.32 Å². The first-order chi connectivity index (χ1) is 8.68. The molecule has 2 saturated heterocycles. The maximum absolute atomic E-state index is 11.9. The predicted molar refractivity (Wildman–Crippen MR) is 64.2 cm³/mol. The third-order valence-electron chi connectivity index (χ3n) is 3.59. The highest BCUT2D eigenvalue weighted by molar-refractivity contribution is 5.84. The number of nitrogens with zero attached hydrogens (tertiary/aromatic N) is 1. The molecule has 6 nitrogen and oxygen atoms in total. The fraction of sp³-hybridized carbons (Fsp3) is 0.833. The van der Waals surface area contributed by atoms with E-state index in [4.69, 9.17) is 9.84 Å². The Labute approximate surface area is 106 Å². The van der Waals surface area contributed by atoms with Gasteiger partial charge in [0.05, 0.1) is 6.10 Å². The van der Waals surface area contributed by atoms with Gasteiger partial charge in [-0.15, -0.1) is 0 Å². The molecule has 0 aromatic heterocycles. The number of likely N-dealkylation sites (tertiary alicyclic amines) is 1. The number of aliphatic carboxylic acids is 1. The van der Waals surface area contributed by atoms with Gasteiger partial charge in [-0.1, -0.05) is 0 Å². The van der Waals surface area contributed by atoms with Crippen molar-refractivity contribution in [2.45, 2.75) is 37.8 Å². The topological polar surface area (TPSA) is 78.9 Å². The molecule has 1 atom stereocenters. The molecule has 0 unspecified atom stereocenters. The number of piperidine rings is 1. The number of nitrogens with one attached hydrogen (secondary N) is 1. The van der Waals surface area contributed by atoms with E-state index in [1.807, 2.05) is 0 Å². The summed E-state index contributed by atoms with van der Waals surface area (Å²) >= 11 is 0. The van der Waals surface area contributed by atoms with Crippen LogP contribution in [-0.2, 0) is 14.3 Å². The van der Waals surface area contributed by atoms with Crippen LogP contribution in [0.2, 0.25) is 0 Å². The Morgan fingerprint density at radius 3 is 2.67 bits per heavy atom. The molecule has 2 heterocycles. The lowest BCUT2D eigenvalue weighted by Gasteiger charge is -2.25. The molecular weight excluding hydrogens is 236 g/mol. The summed E-state index contributed by atoms with van der Waals surface area (Å²) < 4.78 is 5.56. The largest absolute Gasteiger partial charge is 0.480 e. The highest BCUT2D eigenvalue weighted by atomic mass is 16.5. The molecule has 6 heteroatoms.